The number of halogens is 1. The Kier molecular flexibility index (Phi) is 1.38. The molecule has 0 aromatic heterocycles. The first-order valence-corrected chi connectivity index (χ1v) is 3.24. The van der Waals surface area contributed by atoms with Crippen molar-refractivity contribution in [2.24, 2.45) is 0 Å². The smallest absolute Gasteiger partial charge is 0.119 e. The summed E-state index contributed by atoms with van der Waals surface area (Å²) in [5, 5.41) is 0. The predicted molar refractivity (Wildman–Crippen MR) is 40.7 cm³/mol. The van der Waals surface area contributed by atoms with Crippen LogP contribution in [0.2, 0.25) is 0 Å². The molecule has 0 spiro atoms. The lowest BCUT2D eigenvalue weighted by Crippen LogP contribution is -1.79. The van der Waals surface area contributed by atoms with Crippen molar-refractivity contribution in [3.8, 4) is 5.75 Å². The van der Waals surface area contributed by atoms with Crippen molar-refractivity contribution >= 4 is 15.9 Å². The van der Waals surface area contributed by atoms with Crippen LogP contribution in [0.25, 0.3) is 0 Å². The fourth-order valence-electron chi connectivity index (χ4n) is 0.540. The molecular weight excluding hydrogens is 180 g/mol. The lowest BCUT2D eigenvalue weighted by atomic mass is 10.3. The first-order chi connectivity index (χ1) is 5.18. The van der Waals surface area contributed by atoms with Gasteiger partial charge in [-0.25, -0.2) is 0 Å². The standard InChI is InChI=1S/C7H7BrO/c1-9-7-4-2-3-6(8)5-7/h2-5H,1H3/i1D2. The van der Waals surface area contributed by atoms with E-state index in [1.165, 1.54) is 0 Å². The molecule has 9 heavy (non-hydrogen) atoms. The third kappa shape index (κ3) is 1.72. The maximum absolute atomic E-state index is 6.81. The van der Waals surface area contributed by atoms with E-state index in [0.717, 1.165) is 4.47 Å². The van der Waals surface area contributed by atoms with Gasteiger partial charge < -0.3 is 4.74 Å². The largest absolute Gasteiger partial charge is 0.497 e. The second-order valence-corrected chi connectivity index (χ2v) is 2.49. The Labute approximate surface area is 65.6 Å². The molecule has 0 amide bonds. The number of methoxy groups -OCH3 is 1. The molecule has 0 unspecified atom stereocenters. The molecule has 0 N–H and O–H groups in total. The molecule has 0 atom stereocenters. The maximum Gasteiger partial charge on any atom is 0.119 e. The van der Waals surface area contributed by atoms with E-state index in [2.05, 4.69) is 15.9 Å². The van der Waals surface area contributed by atoms with Crippen LogP contribution in [-0.2, 0) is 0 Å². The van der Waals surface area contributed by atoms with Crippen molar-refractivity contribution in [1.82, 2.24) is 0 Å². The van der Waals surface area contributed by atoms with Crippen molar-refractivity contribution in [1.29, 1.82) is 0 Å². The normalized spacial score (nSPS) is 12.7. The van der Waals surface area contributed by atoms with E-state index >= 15 is 0 Å². The third-order valence-electron chi connectivity index (χ3n) is 0.932. The molecule has 1 aromatic carbocycles. The Balaban J connectivity index is 2.71. The van der Waals surface area contributed by atoms with Gasteiger partial charge in [-0.05, 0) is 18.2 Å². The summed E-state index contributed by atoms with van der Waals surface area (Å²) in [6, 6.07) is 7.08. The third-order valence-corrected chi connectivity index (χ3v) is 1.43. The minimum Gasteiger partial charge on any atom is -0.497 e. The van der Waals surface area contributed by atoms with Gasteiger partial charge in [-0.2, -0.15) is 0 Å². The van der Waals surface area contributed by atoms with Gasteiger partial charge >= 0.3 is 0 Å². The summed E-state index contributed by atoms with van der Waals surface area (Å²) in [4.78, 5) is 0. The molecule has 1 nitrogen and oxygen atoms in total. The molecule has 48 valence electrons. The van der Waals surface area contributed by atoms with E-state index in [0.29, 0.717) is 5.75 Å². The molecule has 0 radical (unpaired) electrons. The van der Waals surface area contributed by atoms with Crippen LogP contribution in [-0.4, -0.2) is 7.06 Å². The average molecular weight is 189 g/mol. The van der Waals surface area contributed by atoms with Crippen LogP contribution in [0.4, 0.5) is 0 Å². The van der Waals surface area contributed by atoms with E-state index in [9.17, 15) is 0 Å². The minimum atomic E-state index is -1.26. The minimum absolute atomic E-state index is 0.536. The molecule has 1 rings (SSSR count). The van der Waals surface area contributed by atoms with Crippen LogP contribution in [0.5, 0.6) is 5.75 Å². The van der Waals surface area contributed by atoms with E-state index < -0.39 is 7.06 Å². The van der Waals surface area contributed by atoms with Crippen LogP contribution < -0.4 is 4.74 Å². The molecule has 0 saturated carbocycles. The van der Waals surface area contributed by atoms with Crippen molar-refractivity contribution < 1.29 is 7.48 Å². The highest BCUT2D eigenvalue weighted by Gasteiger charge is 1.88. The highest BCUT2D eigenvalue weighted by molar-refractivity contribution is 9.10. The van der Waals surface area contributed by atoms with Crippen molar-refractivity contribution in [3.63, 3.8) is 0 Å². The second kappa shape index (κ2) is 2.87. The summed E-state index contributed by atoms with van der Waals surface area (Å²) < 4.78 is 19.3. The topological polar surface area (TPSA) is 9.23 Å². The van der Waals surface area contributed by atoms with Gasteiger partial charge in [0.25, 0.3) is 0 Å². The quantitative estimate of drug-likeness (QED) is 0.659. The summed E-state index contributed by atoms with van der Waals surface area (Å²) in [5.74, 6) is 0.536. The van der Waals surface area contributed by atoms with Gasteiger partial charge in [-0.3, -0.25) is 0 Å². The zero-order valence-electron chi connectivity index (χ0n) is 6.67. The Bertz CT molecular complexity index is 240. The molecule has 0 aliphatic carbocycles. The van der Waals surface area contributed by atoms with Crippen molar-refractivity contribution in [2.75, 3.05) is 7.06 Å². The summed E-state index contributed by atoms with van der Waals surface area (Å²) in [5.41, 5.74) is 0. The molecule has 1 aromatic rings. The number of ether oxygens (including phenoxy) is 1. The van der Waals surface area contributed by atoms with Crippen LogP contribution in [0.3, 0.4) is 0 Å². The van der Waals surface area contributed by atoms with Crippen LogP contribution in [0.15, 0.2) is 28.7 Å². The Hall–Kier alpha value is -0.500. The summed E-state index contributed by atoms with van der Waals surface area (Å²) in [6.45, 7) is 0. The van der Waals surface area contributed by atoms with Crippen LogP contribution in [0, 0.1) is 0 Å². The van der Waals surface area contributed by atoms with Gasteiger partial charge in [-0.1, -0.05) is 22.0 Å². The first-order valence-electron chi connectivity index (χ1n) is 3.60. The number of rotatable bonds is 1. The van der Waals surface area contributed by atoms with E-state index in [-0.39, 0.29) is 0 Å². The Morgan fingerprint density at radius 3 is 3.22 bits per heavy atom. The predicted octanol–water partition coefficient (Wildman–Crippen LogP) is 2.46. The number of hydrogen-bond acceptors (Lipinski definition) is 1. The number of benzene rings is 1. The van der Waals surface area contributed by atoms with Crippen molar-refractivity contribution in [2.45, 2.75) is 0 Å². The maximum atomic E-state index is 6.81. The highest BCUT2D eigenvalue weighted by atomic mass is 79.9. The van der Waals surface area contributed by atoms with E-state index in [4.69, 9.17) is 7.48 Å². The SMILES string of the molecule is [2H]C([2H])Oc1cccc(Br)c1. The molecule has 0 aliphatic rings. The highest BCUT2D eigenvalue weighted by Crippen LogP contribution is 2.16. The summed E-state index contributed by atoms with van der Waals surface area (Å²) in [7, 11) is -1.26. The van der Waals surface area contributed by atoms with Gasteiger partial charge in [-0.15, -0.1) is 0 Å². The van der Waals surface area contributed by atoms with E-state index in [1.807, 2.05) is 6.07 Å². The molecule has 0 aliphatic heterocycles. The number of hydrogen-bond donors (Lipinski definition) is 0. The molecule has 0 bridgehead atoms. The van der Waals surface area contributed by atoms with Crippen LogP contribution >= 0.6 is 15.9 Å². The Morgan fingerprint density at radius 2 is 2.56 bits per heavy atom. The van der Waals surface area contributed by atoms with Gasteiger partial charge in [0.05, 0.1) is 9.80 Å². The monoisotopic (exact) mass is 188 g/mol. The van der Waals surface area contributed by atoms with E-state index in [1.54, 1.807) is 18.2 Å². The zero-order chi connectivity index (χ0) is 8.27. The lowest BCUT2D eigenvalue weighted by molar-refractivity contribution is 0.414. The Morgan fingerprint density at radius 1 is 1.67 bits per heavy atom. The summed E-state index contributed by atoms with van der Waals surface area (Å²) in [6.07, 6.45) is 0. The molecule has 0 fully saturated rings. The van der Waals surface area contributed by atoms with Crippen molar-refractivity contribution in [3.05, 3.63) is 28.7 Å². The molecule has 0 heterocycles. The summed E-state index contributed by atoms with van der Waals surface area (Å²) >= 11 is 3.25. The fraction of sp³-hybridized carbons (Fsp3) is 0.143. The molecule has 2 heteroatoms. The van der Waals surface area contributed by atoms with Gasteiger partial charge in [0.15, 0.2) is 0 Å². The van der Waals surface area contributed by atoms with Gasteiger partial charge in [0.2, 0.25) is 0 Å². The first kappa shape index (κ1) is 4.34. The average Bonchev–Trinajstić information content (AvgIpc) is 1.85. The molecular formula is C7H7BrO. The van der Waals surface area contributed by atoms with Gasteiger partial charge in [0.1, 0.15) is 5.75 Å². The van der Waals surface area contributed by atoms with Gasteiger partial charge in [0, 0.05) is 4.47 Å². The fourth-order valence-corrected chi connectivity index (χ4v) is 0.919. The molecule has 0 saturated heterocycles. The second-order valence-electron chi connectivity index (χ2n) is 1.58. The lowest BCUT2D eigenvalue weighted by Gasteiger charge is -1.96. The zero-order valence-corrected chi connectivity index (χ0v) is 6.26. The van der Waals surface area contributed by atoms with Crippen LogP contribution in [0.1, 0.15) is 2.74 Å².